The summed E-state index contributed by atoms with van der Waals surface area (Å²) in [5.74, 6) is 1.56. The summed E-state index contributed by atoms with van der Waals surface area (Å²) in [7, 11) is 3.56. The summed E-state index contributed by atoms with van der Waals surface area (Å²) in [5, 5.41) is 6.82. The molecule has 0 saturated heterocycles. The third kappa shape index (κ3) is 2.87. The Bertz CT molecular complexity index is 619. The van der Waals surface area contributed by atoms with Gasteiger partial charge in [0.25, 0.3) is 0 Å². The molecule has 108 valence electrons. The number of benzene rings is 1. The molecule has 0 unspecified atom stereocenters. The normalized spacial score (nSPS) is 12.2. The average molecular weight is 275 g/mol. The van der Waals surface area contributed by atoms with Crippen LogP contribution in [0, 0.1) is 0 Å². The number of nitrogens with one attached hydrogen (secondary N) is 2. The molecule has 1 aromatic carbocycles. The van der Waals surface area contributed by atoms with Gasteiger partial charge in [-0.1, -0.05) is 6.92 Å². The van der Waals surface area contributed by atoms with E-state index in [2.05, 4.69) is 10.6 Å². The number of carbonyl (C=O) groups excluding carboxylic acids is 1. The second kappa shape index (κ2) is 5.86. The Morgan fingerprint density at radius 3 is 2.80 bits per heavy atom. The Morgan fingerprint density at radius 1 is 1.40 bits per heavy atom. The Kier molecular flexibility index (Phi) is 4.17. The van der Waals surface area contributed by atoms with Crippen molar-refractivity contribution in [2.75, 3.05) is 12.4 Å². The van der Waals surface area contributed by atoms with Gasteiger partial charge in [-0.05, 0) is 31.5 Å². The number of ether oxygens (including phenoxy) is 1. The van der Waals surface area contributed by atoms with Gasteiger partial charge < -0.3 is 14.6 Å². The highest BCUT2D eigenvalue weighted by atomic mass is 16.5. The molecule has 20 heavy (non-hydrogen) atoms. The van der Waals surface area contributed by atoms with Crippen molar-refractivity contribution in [3.63, 3.8) is 0 Å². The lowest BCUT2D eigenvalue weighted by Gasteiger charge is -2.13. The van der Waals surface area contributed by atoms with Crippen LogP contribution >= 0.6 is 0 Å². The summed E-state index contributed by atoms with van der Waals surface area (Å²) in [4.78, 5) is 11.9. The average Bonchev–Trinajstić information content (AvgIpc) is 2.74. The van der Waals surface area contributed by atoms with Crippen LogP contribution in [0.2, 0.25) is 0 Å². The summed E-state index contributed by atoms with van der Waals surface area (Å²) < 4.78 is 7.16. The van der Waals surface area contributed by atoms with Gasteiger partial charge in [0.2, 0.25) is 0 Å². The molecule has 0 saturated carbocycles. The van der Waals surface area contributed by atoms with Crippen LogP contribution in [0.4, 0.5) is 10.6 Å². The molecule has 1 aromatic heterocycles. The number of hydrogen-bond donors (Lipinski definition) is 2. The van der Waals surface area contributed by atoms with Crippen molar-refractivity contribution in [2.24, 2.45) is 7.05 Å². The molecule has 0 radical (unpaired) electrons. The SMILES string of the molecule is CC[C@H](C)NC(=O)Nc1cc2ccc(OC)cc2n1C. The van der Waals surface area contributed by atoms with Gasteiger partial charge in [-0.25, -0.2) is 4.79 Å². The minimum absolute atomic E-state index is 0.157. The van der Waals surface area contributed by atoms with Gasteiger partial charge in [0.15, 0.2) is 0 Å². The van der Waals surface area contributed by atoms with Gasteiger partial charge in [0, 0.05) is 24.5 Å². The van der Waals surface area contributed by atoms with Gasteiger partial charge in [-0.3, -0.25) is 5.32 Å². The zero-order valence-electron chi connectivity index (χ0n) is 12.4. The summed E-state index contributed by atoms with van der Waals surface area (Å²) in [6, 6.07) is 7.76. The van der Waals surface area contributed by atoms with Crippen LogP contribution in [-0.2, 0) is 7.05 Å². The van der Waals surface area contributed by atoms with Crippen molar-refractivity contribution in [1.29, 1.82) is 0 Å². The van der Waals surface area contributed by atoms with Crippen molar-refractivity contribution in [1.82, 2.24) is 9.88 Å². The Morgan fingerprint density at radius 2 is 2.15 bits per heavy atom. The summed E-state index contributed by atoms with van der Waals surface area (Å²) >= 11 is 0. The minimum atomic E-state index is -0.183. The molecule has 1 atom stereocenters. The maximum absolute atomic E-state index is 11.9. The highest BCUT2D eigenvalue weighted by molar-refractivity contribution is 5.94. The highest BCUT2D eigenvalue weighted by Gasteiger charge is 2.10. The highest BCUT2D eigenvalue weighted by Crippen LogP contribution is 2.26. The molecule has 0 aliphatic rings. The molecule has 2 amide bonds. The Hall–Kier alpha value is -2.17. The number of carbonyl (C=O) groups is 1. The van der Waals surface area contributed by atoms with Gasteiger partial charge in [-0.15, -0.1) is 0 Å². The lowest BCUT2D eigenvalue weighted by Crippen LogP contribution is -2.36. The number of anilines is 1. The number of rotatable bonds is 4. The molecule has 0 spiro atoms. The predicted octanol–water partition coefficient (Wildman–Crippen LogP) is 3.11. The van der Waals surface area contributed by atoms with Crippen LogP contribution in [0.25, 0.3) is 10.9 Å². The van der Waals surface area contributed by atoms with Crippen LogP contribution in [0.1, 0.15) is 20.3 Å². The fourth-order valence-electron chi connectivity index (χ4n) is 2.04. The maximum atomic E-state index is 11.9. The van der Waals surface area contributed by atoms with E-state index in [1.807, 2.05) is 49.7 Å². The lowest BCUT2D eigenvalue weighted by molar-refractivity contribution is 0.249. The van der Waals surface area contributed by atoms with Gasteiger partial charge >= 0.3 is 6.03 Å². The van der Waals surface area contributed by atoms with Gasteiger partial charge in [-0.2, -0.15) is 0 Å². The minimum Gasteiger partial charge on any atom is -0.497 e. The van der Waals surface area contributed by atoms with Crippen LogP contribution in [0.5, 0.6) is 5.75 Å². The quantitative estimate of drug-likeness (QED) is 0.900. The molecule has 5 heteroatoms. The van der Waals surface area contributed by atoms with Crippen molar-refractivity contribution in [2.45, 2.75) is 26.3 Å². The Balaban J connectivity index is 2.22. The van der Waals surface area contributed by atoms with Crippen molar-refractivity contribution in [3.8, 4) is 5.75 Å². The van der Waals surface area contributed by atoms with Crippen LogP contribution in [-0.4, -0.2) is 23.7 Å². The first-order valence-corrected chi connectivity index (χ1v) is 6.76. The number of methoxy groups -OCH3 is 1. The molecule has 0 fully saturated rings. The number of aromatic nitrogens is 1. The molecular weight excluding hydrogens is 254 g/mol. The smallest absolute Gasteiger partial charge is 0.320 e. The van der Waals surface area contributed by atoms with Crippen molar-refractivity contribution < 1.29 is 9.53 Å². The van der Waals surface area contributed by atoms with E-state index >= 15 is 0 Å². The summed E-state index contributed by atoms with van der Waals surface area (Å²) in [6.07, 6.45) is 0.903. The number of urea groups is 1. The van der Waals surface area contributed by atoms with E-state index in [1.165, 1.54) is 0 Å². The van der Waals surface area contributed by atoms with E-state index in [4.69, 9.17) is 4.74 Å². The summed E-state index contributed by atoms with van der Waals surface area (Å²) in [6.45, 7) is 4.01. The summed E-state index contributed by atoms with van der Waals surface area (Å²) in [5.41, 5.74) is 1.02. The topological polar surface area (TPSA) is 55.3 Å². The Labute approximate surface area is 118 Å². The van der Waals surface area contributed by atoms with Crippen LogP contribution < -0.4 is 15.4 Å². The molecule has 5 nitrogen and oxygen atoms in total. The zero-order valence-corrected chi connectivity index (χ0v) is 12.4. The predicted molar refractivity (Wildman–Crippen MR) is 81.4 cm³/mol. The standard InChI is InChI=1S/C15H21N3O2/c1-5-10(2)16-15(19)17-14-8-11-6-7-12(20-4)9-13(11)18(14)3/h6-10H,5H2,1-4H3,(H2,16,17,19)/t10-/m0/s1. The maximum Gasteiger partial charge on any atom is 0.320 e. The molecule has 1 heterocycles. The van der Waals surface area contributed by atoms with E-state index in [0.29, 0.717) is 0 Å². The first kappa shape index (κ1) is 14.2. The van der Waals surface area contributed by atoms with Crippen LogP contribution in [0.15, 0.2) is 24.3 Å². The first-order chi connectivity index (χ1) is 9.55. The number of aryl methyl sites for hydroxylation is 1. The van der Waals surface area contributed by atoms with Crippen molar-refractivity contribution in [3.05, 3.63) is 24.3 Å². The fraction of sp³-hybridized carbons (Fsp3) is 0.400. The third-order valence-corrected chi connectivity index (χ3v) is 3.48. The largest absolute Gasteiger partial charge is 0.497 e. The molecular formula is C15H21N3O2. The molecule has 0 aliphatic heterocycles. The molecule has 0 bridgehead atoms. The number of hydrogen-bond acceptors (Lipinski definition) is 2. The molecule has 2 aromatic rings. The number of nitrogens with zero attached hydrogens (tertiary/aromatic N) is 1. The van der Waals surface area contributed by atoms with E-state index in [0.717, 1.165) is 28.9 Å². The van der Waals surface area contributed by atoms with E-state index in [1.54, 1.807) is 7.11 Å². The zero-order chi connectivity index (χ0) is 14.7. The van der Waals surface area contributed by atoms with E-state index in [-0.39, 0.29) is 12.1 Å². The molecule has 2 rings (SSSR count). The second-order valence-corrected chi connectivity index (χ2v) is 4.92. The van der Waals surface area contributed by atoms with Crippen LogP contribution in [0.3, 0.4) is 0 Å². The number of fused-ring (bicyclic) bond motifs is 1. The fourth-order valence-corrected chi connectivity index (χ4v) is 2.04. The van der Waals surface area contributed by atoms with Crippen molar-refractivity contribution >= 4 is 22.8 Å². The lowest BCUT2D eigenvalue weighted by atomic mass is 10.2. The molecule has 0 aliphatic carbocycles. The molecule has 2 N–H and O–H groups in total. The van der Waals surface area contributed by atoms with E-state index < -0.39 is 0 Å². The number of amides is 2. The monoisotopic (exact) mass is 275 g/mol. The first-order valence-electron chi connectivity index (χ1n) is 6.76. The van der Waals surface area contributed by atoms with Gasteiger partial charge in [0.1, 0.15) is 11.6 Å². The van der Waals surface area contributed by atoms with E-state index in [9.17, 15) is 4.79 Å². The third-order valence-electron chi connectivity index (χ3n) is 3.48. The second-order valence-electron chi connectivity index (χ2n) is 4.92. The van der Waals surface area contributed by atoms with Gasteiger partial charge in [0.05, 0.1) is 12.6 Å².